The maximum atomic E-state index is 12.0. The molecule has 3 heteroatoms. The van der Waals surface area contributed by atoms with Gasteiger partial charge in [0.15, 0.2) is 0 Å². The first-order valence-corrected chi connectivity index (χ1v) is 7.08. The Bertz CT molecular complexity index is 632. The molecule has 1 aliphatic rings. The third kappa shape index (κ3) is 2.93. The number of hydrogen-bond acceptors (Lipinski definition) is 2. The van der Waals surface area contributed by atoms with Crippen molar-refractivity contribution >= 4 is 16.7 Å². The molecule has 20 heavy (non-hydrogen) atoms. The zero-order valence-electron chi connectivity index (χ0n) is 11.7. The Morgan fingerprint density at radius 2 is 2.15 bits per heavy atom. The summed E-state index contributed by atoms with van der Waals surface area (Å²) in [4.78, 5) is 12.0. The summed E-state index contributed by atoms with van der Waals surface area (Å²) in [6, 6.07) is 12.0. The topological polar surface area (TPSA) is 38.3 Å². The average Bonchev–Trinajstić information content (AvgIpc) is 3.29. The zero-order chi connectivity index (χ0) is 13.9. The predicted octanol–water partition coefficient (Wildman–Crippen LogP) is 2.92. The van der Waals surface area contributed by atoms with Crippen LogP contribution in [0.2, 0.25) is 0 Å². The molecule has 3 rings (SSSR count). The van der Waals surface area contributed by atoms with Gasteiger partial charge in [0, 0.05) is 6.54 Å². The second-order valence-corrected chi connectivity index (χ2v) is 5.43. The lowest BCUT2D eigenvalue weighted by atomic mass is 10.0. The highest BCUT2D eigenvalue weighted by molar-refractivity contribution is 5.91. The predicted molar refractivity (Wildman–Crippen MR) is 79.9 cm³/mol. The first kappa shape index (κ1) is 13.0. The van der Waals surface area contributed by atoms with Gasteiger partial charge in [-0.15, -0.1) is 0 Å². The van der Waals surface area contributed by atoms with Crippen molar-refractivity contribution in [2.45, 2.75) is 19.3 Å². The molecule has 0 radical (unpaired) electrons. The molecule has 2 aromatic rings. The highest BCUT2D eigenvalue weighted by Crippen LogP contribution is 2.28. The van der Waals surface area contributed by atoms with E-state index in [9.17, 15) is 4.79 Å². The van der Waals surface area contributed by atoms with Crippen LogP contribution < -0.4 is 10.1 Å². The van der Waals surface area contributed by atoms with Crippen LogP contribution in [0, 0.1) is 5.92 Å². The number of rotatable bonds is 5. The van der Waals surface area contributed by atoms with Gasteiger partial charge in [-0.2, -0.15) is 0 Å². The molecule has 1 fully saturated rings. The molecule has 1 amide bonds. The number of methoxy groups -OCH3 is 1. The van der Waals surface area contributed by atoms with Crippen LogP contribution in [-0.4, -0.2) is 19.6 Å². The number of ether oxygens (including phenoxy) is 1. The minimum Gasteiger partial charge on any atom is -0.497 e. The summed E-state index contributed by atoms with van der Waals surface area (Å²) in [5, 5.41) is 5.24. The molecule has 3 nitrogen and oxygen atoms in total. The average molecular weight is 269 g/mol. The molecule has 0 heterocycles. The van der Waals surface area contributed by atoms with Gasteiger partial charge in [-0.05, 0) is 47.2 Å². The summed E-state index contributed by atoms with van der Waals surface area (Å²) < 4.78 is 5.27. The van der Waals surface area contributed by atoms with Crippen molar-refractivity contribution in [2.24, 2.45) is 5.92 Å². The van der Waals surface area contributed by atoms with E-state index in [-0.39, 0.29) is 5.91 Å². The minimum absolute atomic E-state index is 0.104. The van der Waals surface area contributed by atoms with Gasteiger partial charge in [-0.3, -0.25) is 4.79 Å². The van der Waals surface area contributed by atoms with E-state index in [2.05, 4.69) is 11.4 Å². The number of hydrogen-bond donors (Lipinski definition) is 1. The van der Waals surface area contributed by atoms with E-state index < -0.39 is 0 Å². The molecule has 0 aromatic heterocycles. The quantitative estimate of drug-likeness (QED) is 0.906. The number of amides is 1. The van der Waals surface area contributed by atoms with Crippen LogP contribution in [0.4, 0.5) is 0 Å². The number of fused-ring (bicyclic) bond motifs is 1. The van der Waals surface area contributed by atoms with Gasteiger partial charge in [0.05, 0.1) is 13.5 Å². The SMILES string of the molecule is COc1ccc2cccc(CC(=O)NCC3CC3)c2c1. The Morgan fingerprint density at radius 1 is 1.30 bits per heavy atom. The van der Waals surface area contributed by atoms with Crippen molar-refractivity contribution in [1.29, 1.82) is 0 Å². The molecule has 1 N–H and O–H groups in total. The van der Waals surface area contributed by atoms with Gasteiger partial charge in [-0.25, -0.2) is 0 Å². The second kappa shape index (κ2) is 5.53. The van der Waals surface area contributed by atoms with E-state index in [0.717, 1.165) is 28.6 Å². The van der Waals surface area contributed by atoms with E-state index in [4.69, 9.17) is 4.74 Å². The third-order valence-electron chi connectivity index (χ3n) is 3.82. The fraction of sp³-hybridized carbons (Fsp3) is 0.353. The summed E-state index contributed by atoms with van der Waals surface area (Å²) in [6.45, 7) is 0.826. The summed E-state index contributed by atoms with van der Waals surface area (Å²) in [5.74, 6) is 1.64. The van der Waals surface area contributed by atoms with Crippen LogP contribution >= 0.6 is 0 Å². The first-order chi connectivity index (χ1) is 9.76. The number of carbonyl (C=O) groups is 1. The molecule has 0 saturated heterocycles. The van der Waals surface area contributed by atoms with Crippen molar-refractivity contribution in [3.8, 4) is 5.75 Å². The molecule has 2 aromatic carbocycles. The molecule has 0 aliphatic heterocycles. The lowest BCUT2D eigenvalue weighted by Crippen LogP contribution is -2.27. The summed E-state index contributed by atoms with van der Waals surface area (Å²) in [7, 11) is 1.66. The first-order valence-electron chi connectivity index (χ1n) is 7.08. The van der Waals surface area contributed by atoms with Crippen molar-refractivity contribution in [3.05, 3.63) is 42.0 Å². The van der Waals surface area contributed by atoms with Crippen molar-refractivity contribution in [1.82, 2.24) is 5.32 Å². The zero-order valence-corrected chi connectivity index (χ0v) is 11.7. The highest BCUT2D eigenvalue weighted by Gasteiger charge is 2.21. The smallest absolute Gasteiger partial charge is 0.224 e. The van der Waals surface area contributed by atoms with Gasteiger partial charge >= 0.3 is 0 Å². The fourth-order valence-electron chi connectivity index (χ4n) is 2.41. The van der Waals surface area contributed by atoms with Crippen LogP contribution in [-0.2, 0) is 11.2 Å². The van der Waals surface area contributed by atoms with Gasteiger partial charge in [0.1, 0.15) is 5.75 Å². The molecular formula is C17H19NO2. The highest BCUT2D eigenvalue weighted by atomic mass is 16.5. The summed E-state index contributed by atoms with van der Waals surface area (Å²) >= 11 is 0. The molecule has 1 saturated carbocycles. The Morgan fingerprint density at radius 3 is 2.90 bits per heavy atom. The summed E-state index contributed by atoms with van der Waals surface area (Å²) in [5.41, 5.74) is 1.05. The van der Waals surface area contributed by atoms with Crippen molar-refractivity contribution < 1.29 is 9.53 Å². The van der Waals surface area contributed by atoms with Crippen molar-refractivity contribution in [3.63, 3.8) is 0 Å². The lowest BCUT2D eigenvalue weighted by molar-refractivity contribution is -0.120. The summed E-state index contributed by atoms with van der Waals surface area (Å²) in [6.07, 6.45) is 2.94. The molecule has 0 spiro atoms. The van der Waals surface area contributed by atoms with Crippen molar-refractivity contribution in [2.75, 3.05) is 13.7 Å². The molecule has 0 bridgehead atoms. The molecule has 1 aliphatic carbocycles. The molecule has 0 unspecified atom stereocenters. The minimum atomic E-state index is 0.104. The number of benzene rings is 2. The second-order valence-electron chi connectivity index (χ2n) is 5.43. The van der Waals surface area contributed by atoms with E-state index in [1.54, 1.807) is 7.11 Å². The lowest BCUT2D eigenvalue weighted by Gasteiger charge is -2.09. The van der Waals surface area contributed by atoms with Crippen LogP contribution in [0.15, 0.2) is 36.4 Å². The molecule has 104 valence electrons. The Balaban J connectivity index is 1.80. The van der Waals surface area contributed by atoms with Crippen LogP contribution in [0.5, 0.6) is 5.75 Å². The number of nitrogens with one attached hydrogen (secondary N) is 1. The Hall–Kier alpha value is -2.03. The van der Waals surface area contributed by atoms with Crippen LogP contribution in [0.1, 0.15) is 18.4 Å². The third-order valence-corrected chi connectivity index (χ3v) is 3.82. The monoisotopic (exact) mass is 269 g/mol. The fourth-order valence-corrected chi connectivity index (χ4v) is 2.41. The largest absolute Gasteiger partial charge is 0.497 e. The Labute approximate surface area is 118 Å². The maximum absolute atomic E-state index is 12.0. The number of carbonyl (C=O) groups excluding carboxylic acids is 1. The Kier molecular flexibility index (Phi) is 3.59. The van der Waals surface area contributed by atoms with E-state index >= 15 is 0 Å². The molecular weight excluding hydrogens is 250 g/mol. The van der Waals surface area contributed by atoms with Gasteiger partial charge in [0.25, 0.3) is 0 Å². The van der Waals surface area contributed by atoms with Crippen LogP contribution in [0.3, 0.4) is 0 Å². The standard InChI is InChI=1S/C17H19NO2/c1-20-15-8-7-13-3-2-4-14(16(13)10-15)9-17(19)18-11-12-5-6-12/h2-4,7-8,10,12H,5-6,9,11H2,1H3,(H,18,19). The van der Waals surface area contributed by atoms with E-state index in [1.807, 2.05) is 30.3 Å². The molecule has 0 atom stereocenters. The maximum Gasteiger partial charge on any atom is 0.224 e. The normalized spacial score (nSPS) is 14.2. The van der Waals surface area contributed by atoms with E-state index in [1.165, 1.54) is 12.8 Å². The van der Waals surface area contributed by atoms with Gasteiger partial charge < -0.3 is 10.1 Å². The van der Waals surface area contributed by atoms with E-state index in [0.29, 0.717) is 12.3 Å². The van der Waals surface area contributed by atoms with Gasteiger partial charge in [0.2, 0.25) is 5.91 Å². The van der Waals surface area contributed by atoms with Crippen LogP contribution in [0.25, 0.3) is 10.8 Å². The van der Waals surface area contributed by atoms with Gasteiger partial charge in [-0.1, -0.05) is 24.3 Å².